The predicted molar refractivity (Wildman–Crippen MR) is 144 cm³/mol. The summed E-state index contributed by atoms with van der Waals surface area (Å²) < 4.78 is 58.5. The first-order chi connectivity index (χ1) is 20.8. The molecule has 5 aliphatic rings. The summed E-state index contributed by atoms with van der Waals surface area (Å²) in [4.78, 5) is 0. The van der Waals surface area contributed by atoms with Crippen LogP contribution in [-0.4, -0.2) is 99.9 Å². The first-order valence-electron chi connectivity index (χ1n) is 14.3. The molecule has 0 radical (unpaired) electrons. The average molecular weight is 605 g/mol. The molecule has 0 saturated carbocycles. The summed E-state index contributed by atoms with van der Waals surface area (Å²) in [6.45, 7) is 2.27. The van der Waals surface area contributed by atoms with E-state index >= 15 is 0 Å². The number of hydrogen-bond acceptors (Lipinski definition) is 13. The number of aromatic hydroxyl groups is 1. The van der Waals surface area contributed by atoms with Gasteiger partial charge >= 0.3 is 0 Å². The number of fused-ring (bicyclic) bond motifs is 4. The minimum atomic E-state index is -1.38. The van der Waals surface area contributed by atoms with Crippen LogP contribution in [0.3, 0.4) is 0 Å². The van der Waals surface area contributed by atoms with Crippen molar-refractivity contribution in [3.8, 4) is 28.7 Å². The van der Waals surface area contributed by atoms with Gasteiger partial charge in [-0.3, -0.25) is 0 Å². The van der Waals surface area contributed by atoms with Gasteiger partial charge in [0, 0.05) is 24.9 Å². The van der Waals surface area contributed by atoms with Gasteiger partial charge in [0.05, 0.1) is 33.5 Å². The van der Waals surface area contributed by atoms with Gasteiger partial charge in [-0.05, 0) is 47.9 Å². The fourth-order valence-electron chi connectivity index (χ4n) is 7.10. The number of hydrogen-bond donors (Lipinski definition) is 3. The maximum absolute atomic E-state index is 11.1. The highest BCUT2D eigenvalue weighted by Gasteiger charge is 2.55. The molecular weight excluding hydrogens is 568 g/mol. The third-order valence-electron chi connectivity index (χ3n) is 9.11. The molecule has 3 fully saturated rings. The standard InChI is InChI=1S/C30H36O13/c1-12-37-10-21-28(41-12)25(32)26(33)30(42-21)43-27-15-8-18-17(39-11-40-18)7-14(15)22(23-16(27)9-38-29(23)36-4)13-5-19(34-2)24(31)20(6-13)35-3/h5-8,12,16,21-23,25-33H,9-11H2,1-4H3/t12?,16-,21?,22+,23-,25?,26?,27+,28?,29+,30?/m0/s1. The quantitative estimate of drug-likeness (QED) is 0.440. The fraction of sp³-hybridized carbons (Fsp3) is 0.600. The Bertz CT molecular complexity index is 1320. The average Bonchev–Trinajstić information content (AvgIpc) is 3.66. The second kappa shape index (κ2) is 11.2. The molecule has 234 valence electrons. The van der Waals surface area contributed by atoms with E-state index in [0.717, 1.165) is 16.7 Å². The molecule has 43 heavy (non-hydrogen) atoms. The summed E-state index contributed by atoms with van der Waals surface area (Å²) in [5, 5.41) is 32.8. The van der Waals surface area contributed by atoms with Crippen molar-refractivity contribution in [2.45, 2.75) is 62.2 Å². The van der Waals surface area contributed by atoms with Crippen LogP contribution in [0.1, 0.15) is 35.6 Å². The Labute approximate surface area is 248 Å². The molecule has 0 bridgehead atoms. The molecule has 0 amide bonds. The van der Waals surface area contributed by atoms with Gasteiger partial charge in [0.1, 0.15) is 24.4 Å². The van der Waals surface area contributed by atoms with E-state index in [0.29, 0.717) is 11.5 Å². The number of methoxy groups -OCH3 is 3. The molecule has 4 heterocycles. The highest BCUT2D eigenvalue weighted by atomic mass is 16.8. The highest BCUT2D eigenvalue weighted by molar-refractivity contribution is 5.58. The Morgan fingerprint density at radius 2 is 1.51 bits per heavy atom. The largest absolute Gasteiger partial charge is 0.502 e. The Morgan fingerprint density at radius 3 is 2.19 bits per heavy atom. The molecule has 3 saturated heterocycles. The van der Waals surface area contributed by atoms with Crippen LogP contribution in [0.15, 0.2) is 24.3 Å². The Hall–Kier alpha value is -2.88. The molecule has 0 spiro atoms. The zero-order chi connectivity index (χ0) is 30.0. The highest BCUT2D eigenvalue weighted by Crippen LogP contribution is 2.58. The smallest absolute Gasteiger partial charge is 0.231 e. The van der Waals surface area contributed by atoms with Crippen LogP contribution >= 0.6 is 0 Å². The van der Waals surface area contributed by atoms with Gasteiger partial charge in [0.2, 0.25) is 12.5 Å². The van der Waals surface area contributed by atoms with Crippen LogP contribution in [-0.2, 0) is 28.4 Å². The van der Waals surface area contributed by atoms with Crippen molar-refractivity contribution in [1.29, 1.82) is 0 Å². The van der Waals surface area contributed by atoms with E-state index in [1.807, 2.05) is 12.1 Å². The van der Waals surface area contributed by atoms with E-state index in [2.05, 4.69) is 0 Å². The predicted octanol–water partition coefficient (Wildman–Crippen LogP) is 1.78. The van der Waals surface area contributed by atoms with E-state index < -0.39 is 49.4 Å². The van der Waals surface area contributed by atoms with Crippen LogP contribution in [0.4, 0.5) is 0 Å². The summed E-state index contributed by atoms with van der Waals surface area (Å²) in [5.41, 5.74) is 2.42. The third-order valence-corrected chi connectivity index (χ3v) is 9.11. The van der Waals surface area contributed by atoms with Gasteiger partial charge in [0.25, 0.3) is 0 Å². The number of aliphatic hydroxyl groups is 2. The number of aliphatic hydroxyl groups excluding tert-OH is 2. The van der Waals surface area contributed by atoms with Crippen molar-refractivity contribution in [2.24, 2.45) is 11.8 Å². The van der Waals surface area contributed by atoms with Crippen LogP contribution in [0.25, 0.3) is 0 Å². The molecule has 7 rings (SSSR count). The lowest BCUT2D eigenvalue weighted by Crippen LogP contribution is -2.63. The van der Waals surface area contributed by atoms with Gasteiger partial charge in [-0.2, -0.15) is 0 Å². The van der Waals surface area contributed by atoms with Crippen LogP contribution < -0.4 is 18.9 Å². The monoisotopic (exact) mass is 604 g/mol. The number of benzene rings is 2. The molecule has 1 aliphatic carbocycles. The number of phenols is 1. The first kappa shape index (κ1) is 28.9. The van der Waals surface area contributed by atoms with E-state index in [1.54, 1.807) is 26.2 Å². The molecule has 11 atom stereocenters. The van der Waals surface area contributed by atoms with E-state index in [4.69, 9.17) is 47.4 Å². The molecule has 4 aliphatic heterocycles. The Balaban J connectivity index is 1.33. The van der Waals surface area contributed by atoms with Crippen molar-refractivity contribution in [3.63, 3.8) is 0 Å². The van der Waals surface area contributed by atoms with Crippen LogP contribution in [0.5, 0.6) is 28.7 Å². The SMILES string of the molecule is COc1cc([C@@H]2c3cc4c(cc3[C@@H](OC3OC5COC(C)OC5C(O)C3O)[C@H]3CO[C@@H](OC)[C@H]23)OCO4)cc(OC)c1O. The van der Waals surface area contributed by atoms with Crippen molar-refractivity contribution < 1.29 is 62.7 Å². The Kier molecular flexibility index (Phi) is 7.54. The first-order valence-corrected chi connectivity index (χ1v) is 14.3. The molecule has 6 unspecified atom stereocenters. The van der Waals surface area contributed by atoms with Gasteiger partial charge < -0.3 is 62.7 Å². The molecule has 13 heteroatoms. The zero-order valence-electron chi connectivity index (χ0n) is 24.2. The van der Waals surface area contributed by atoms with Crippen LogP contribution in [0, 0.1) is 11.8 Å². The summed E-state index contributed by atoms with van der Waals surface area (Å²) in [6.07, 6.45) is -7.00. The minimum absolute atomic E-state index is 0.0735. The van der Waals surface area contributed by atoms with Gasteiger partial charge in [-0.1, -0.05) is 0 Å². The fourth-order valence-corrected chi connectivity index (χ4v) is 7.10. The normalized spacial score (nSPS) is 37.8. The summed E-state index contributed by atoms with van der Waals surface area (Å²) in [7, 11) is 4.54. The minimum Gasteiger partial charge on any atom is -0.502 e. The van der Waals surface area contributed by atoms with Gasteiger partial charge in [-0.15, -0.1) is 0 Å². The topological polar surface area (TPSA) is 153 Å². The maximum Gasteiger partial charge on any atom is 0.231 e. The number of ether oxygens (including phenoxy) is 10. The summed E-state index contributed by atoms with van der Waals surface area (Å²) in [6, 6.07) is 7.34. The van der Waals surface area contributed by atoms with Crippen molar-refractivity contribution in [3.05, 3.63) is 41.0 Å². The van der Waals surface area contributed by atoms with E-state index in [-0.39, 0.29) is 55.0 Å². The van der Waals surface area contributed by atoms with Crippen molar-refractivity contribution in [1.82, 2.24) is 0 Å². The number of rotatable bonds is 6. The molecule has 13 nitrogen and oxygen atoms in total. The van der Waals surface area contributed by atoms with Crippen LogP contribution in [0.2, 0.25) is 0 Å². The second-order valence-corrected chi connectivity index (χ2v) is 11.3. The number of phenolic OH excluding ortho intramolecular Hbond substituents is 1. The second-order valence-electron chi connectivity index (χ2n) is 11.3. The molecule has 2 aromatic rings. The zero-order valence-corrected chi connectivity index (χ0v) is 24.2. The van der Waals surface area contributed by atoms with E-state index in [1.165, 1.54) is 14.2 Å². The lowest BCUT2D eigenvalue weighted by atomic mass is 9.65. The van der Waals surface area contributed by atoms with Gasteiger partial charge in [0.15, 0.2) is 41.9 Å². The van der Waals surface area contributed by atoms with E-state index in [9.17, 15) is 15.3 Å². The third kappa shape index (κ3) is 4.70. The molecule has 3 N–H and O–H groups in total. The molecule has 0 aromatic heterocycles. The van der Waals surface area contributed by atoms with Gasteiger partial charge in [-0.25, -0.2) is 0 Å². The lowest BCUT2D eigenvalue weighted by Gasteiger charge is -2.48. The van der Waals surface area contributed by atoms with Crippen molar-refractivity contribution in [2.75, 3.05) is 41.3 Å². The Morgan fingerprint density at radius 1 is 0.814 bits per heavy atom. The summed E-state index contributed by atoms with van der Waals surface area (Å²) >= 11 is 0. The maximum atomic E-state index is 11.1. The van der Waals surface area contributed by atoms with Crippen molar-refractivity contribution >= 4 is 0 Å². The summed E-state index contributed by atoms with van der Waals surface area (Å²) in [5.74, 6) is 0.635. The lowest BCUT2D eigenvalue weighted by molar-refractivity contribution is -0.364. The molecule has 2 aromatic carbocycles. The molecular formula is C30H36O13.